The van der Waals surface area contributed by atoms with E-state index >= 15 is 0 Å². The zero-order chi connectivity index (χ0) is 12.3. The number of aliphatic hydroxyl groups excluding tert-OH is 1. The molecule has 0 aromatic heterocycles. The molecular formula is C13H18N2O2. The van der Waals surface area contributed by atoms with Crippen molar-refractivity contribution in [2.75, 3.05) is 23.3 Å². The lowest BCUT2D eigenvalue weighted by Gasteiger charge is -2.24. The van der Waals surface area contributed by atoms with Crippen molar-refractivity contribution in [1.29, 1.82) is 0 Å². The molecule has 0 radical (unpaired) electrons. The number of anilines is 2. The van der Waals surface area contributed by atoms with Gasteiger partial charge in [-0.05, 0) is 25.5 Å². The Labute approximate surface area is 101 Å². The molecule has 4 nitrogen and oxygen atoms in total. The van der Waals surface area contributed by atoms with E-state index in [0.717, 1.165) is 17.9 Å². The Morgan fingerprint density at radius 3 is 3.00 bits per heavy atom. The number of aliphatic hydroxyl groups is 1. The molecule has 0 bridgehead atoms. The van der Waals surface area contributed by atoms with Gasteiger partial charge in [0.05, 0.1) is 17.5 Å². The highest BCUT2D eigenvalue weighted by molar-refractivity contribution is 5.96. The molecule has 1 atom stereocenters. The maximum Gasteiger partial charge on any atom is 0.226 e. The van der Waals surface area contributed by atoms with Crippen molar-refractivity contribution in [1.82, 2.24) is 0 Å². The quantitative estimate of drug-likeness (QED) is 0.835. The van der Waals surface area contributed by atoms with Crippen LogP contribution in [0.2, 0.25) is 0 Å². The van der Waals surface area contributed by atoms with Crippen molar-refractivity contribution in [2.24, 2.45) is 0 Å². The minimum absolute atomic E-state index is 0.0528. The van der Waals surface area contributed by atoms with Crippen LogP contribution >= 0.6 is 0 Å². The molecule has 0 saturated carbocycles. The summed E-state index contributed by atoms with van der Waals surface area (Å²) in [5.74, 6) is 0.0528. The van der Waals surface area contributed by atoms with Gasteiger partial charge in [0.1, 0.15) is 0 Å². The number of nitrogens with zero attached hydrogens (tertiary/aromatic N) is 1. The Kier molecular flexibility index (Phi) is 3.64. The van der Waals surface area contributed by atoms with Gasteiger partial charge in [0.25, 0.3) is 0 Å². The maximum atomic E-state index is 11.5. The zero-order valence-electron chi connectivity index (χ0n) is 10.0. The molecule has 2 N–H and O–H groups in total. The second-order valence-corrected chi connectivity index (χ2v) is 4.44. The second kappa shape index (κ2) is 5.19. The van der Waals surface area contributed by atoms with E-state index in [9.17, 15) is 9.90 Å². The molecule has 1 amide bonds. The number of carbonyl (C=O) groups excluding carboxylic acids is 1. The number of fused-ring (bicyclic) bond motifs is 1. The monoisotopic (exact) mass is 234 g/mol. The molecule has 1 aliphatic heterocycles. The molecular weight excluding hydrogens is 216 g/mol. The molecule has 1 aliphatic rings. The van der Waals surface area contributed by atoms with Crippen molar-refractivity contribution in [3.05, 3.63) is 24.3 Å². The largest absolute Gasteiger partial charge is 0.393 e. The van der Waals surface area contributed by atoms with Crippen LogP contribution in [0.1, 0.15) is 19.8 Å². The molecule has 1 aromatic carbocycles. The average molecular weight is 234 g/mol. The third-order valence-electron chi connectivity index (χ3n) is 2.94. The van der Waals surface area contributed by atoms with Crippen LogP contribution in [0.4, 0.5) is 11.4 Å². The number of para-hydroxylation sites is 2. The van der Waals surface area contributed by atoms with Gasteiger partial charge in [-0.25, -0.2) is 0 Å². The van der Waals surface area contributed by atoms with Crippen molar-refractivity contribution < 1.29 is 9.90 Å². The van der Waals surface area contributed by atoms with Crippen LogP contribution < -0.4 is 10.2 Å². The van der Waals surface area contributed by atoms with Gasteiger partial charge < -0.3 is 15.3 Å². The van der Waals surface area contributed by atoms with Crippen molar-refractivity contribution >= 4 is 17.3 Å². The number of amides is 1. The van der Waals surface area contributed by atoms with Gasteiger partial charge in [-0.15, -0.1) is 0 Å². The smallest absolute Gasteiger partial charge is 0.226 e. The number of hydrogen-bond donors (Lipinski definition) is 2. The van der Waals surface area contributed by atoms with Gasteiger partial charge in [-0.1, -0.05) is 12.1 Å². The molecule has 2 rings (SSSR count). The lowest BCUT2D eigenvalue weighted by atomic mass is 10.2. The van der Waals surface area contributed by atoms with E-state index in [2.05, 4.69) is 10.2 Å². The summed E-state index contributed by atoms with van der Waals surface area (Å²) in [7, 11) is 0. The molecule has 4 heteroatoms. The van der Waals surface area contributed by atoms with E-state index in [4.69, 9.17) is 0 Å². The first-order valence-electron chi connectivity index (χ1n) is 5.98. The van der Waals surface area contributed by atoms with Gasteiger partial charge in [0, 0.05) is 19.5 Å². The van der Waals surface area contributed by atoms with E-state index in [1.165, 1.54) is 0 Å². The fourth-order valence-electron chi connectivity index (χ4n) is 2.00. The predicted molar refractivity (Wildman–Crippen MR) is 68.2 cm³/mol. The first-order chi connectivity index (χ1) is 8.16. The molecule has 0 saturated heterocycles. The summed E-state index contributed by atoms with van der Waals surface area (Å²) in [6.07, 6.45) is 0.894. The first kappa shape index (κ1) is 11.9. The Morgan fingerprint density at radius 1 is 1.47 bits per heavy atom. The maximum absolute atomic E-state index is 11.5. The van der Waals surface area contributed by atoms with Crippen LogP contribution in [-0.2, 0) is 4.79 Å². The van der Waals surface area contributed by atoms with Crippen molar-refractivity contribution in [2.45, 2.75) is 25.9 Å². The predicted octanol–water partition coefficient (Wildman–Crippen LogP) is 1.61. The number of hydrogen-bond acceptors (Lipinski definition) is 3. The molecule has 0 aliphatic carbocycles. The summed E-state index contributed by atoms with van der Waals surface area (Å²) in [6.45, 7) is 3.26. The normalized spacial score (nSPS) is 17.1. The van der Waals surface area contributed by atoms with Crippen LogP contribution in [0.15, 0.2) is 24.3 Å². The van der Waals surface area contributed by atoms with Crippen LogP contribution in [0, 0.1) is 0 Å². The summed E-state index contributed by atoms with van der Waals surface area (Å²) in [4.78, 5) is 13.7. The van der Waals surface area contributed by atoms with E-state index in [1.807, 2.05) is 24.3 Å². The number of nitrogens with one attached hydrogen (secondary N) is 1. The summed E-state index contributed by atoms with van der Waals surface area (Å²) >= 11 is 0. The van der Waals surface area contributed by atoms with Gasteiger partial charge in [0.2, 0.25) is 5.91 Å². The summed E-state index contributed by atoms with van der Waals surface area (Å²) < 4.78 is 0. The van der Waals surface area contributed by atoms with Crippen LogP contribution in [0.5, 0.6) is 0 Å². The summed E-state index contributed by atoms with van der Waals surface area (Å²) in [5.41, 5.74) is 1.90. The first-order valence-corrected chi connectivity index (χ1v) is 5.98. The second-order valence-electron chi connectivity index (χ2n) is 4.44. The van der Waals surface area contributed by atoms with E-state index < -0.39 is 0 Å². The van der Waals surface area contributed by atoms with Crippen LogP contribution in [-0.4, -0.2) is 30.2 Å². The topological polar surface area (TPSA) is 52.6 Å². The Hall–Kier alpha value is -1.55. The van der Waals surface area contributed by atoms with E-state index in [0.29, 0.717) is 19.4 Å². The van der Waals surface area contributed by atoms with Gasteiger partial charge >= 0.3 is 0 Å². The lowest BCUT2D eigenvalue weighted by Crippen LogP contribution is -2.27. The third-order valence-corrected chi connectivity index (χ3v) is 2.94. The number of rotatable bonds is 3. The highest BCUT2D eigenvalue weighted by atomic mass is 16.3. The third kappa shape index (κ3) is 2.97. The van der Waals surface area contributed by atoms with Crippen molar-refractivity contribution in [3.63, 3.8) is 0 Å². The standard InChI is InChI=1S/C13H18N2O2/c1-10(16)6-8-15-9-7-13(17)14-11-4-2-3-5-12(11)15/h2-5,10,16H,6-9H2,1H3,(H,14,17). The average Bonchev–Trinajstić information content (AvgIpc) is 2.45. The fourth-order valence-corrected chi connectivity index (χ4v) is 2.00. The fraction of sp³-hybridized carbons (Fsp3) is 0.462. The Balaban J connectivity index is 2.19. The Bertz CT molecular complexity index is 404. The van der Waals surface area contributed by atoms with Crippen LogP contribution in [0.25, 0.3) is 0 Å². The van der Waals surface area contributed by atoms with Gasteiger partial charge in [-0.3, -0.25) is 4.79 Å². The molecule has 1 unspecified atom stereocenters. The molecule has 17 heavy (non-hydrogen) atoms. The van der Waals surface area contributed by atoms with Gasteiger partial charge in [0.15, 0.2) is 0 Å². The Morgan fingerprint density at radius 2 is 2.24 bits per heavy atom. The molecule has 92 valence electrons. The van der Waals surface area contributed by atoms with E-state index in [-0.39, 0.29) is 12.0 Å². The minimum atomic E-state index is -0.311. The minimum Gasteiger partial charge on any atom is -0.393 e. The molecule has 1 aromatic rings. The molecule has 1 heterocycles. The van der Waals surface area contributed by atoms with E-state index in [1.54, 1.807) is 6.92 Å². The molecule has 0 spiro atoms. The van der Waals surface area contributed by atoms with Gasteiger partial charge in [-0.2, -0.15) is 0 Å². The number of carbonyl (C=O) groups is 1. The highest BCUT2D eigenvalue weighted by Gasteiger charge is 2.18. The summed E-state index contributed by atoms with van der Waals surface area (Å²) in [5, 5.41) is 12.2. The zero-order valence-corrected chi connectivity index (χ0v) is 10.0. The number of benzene rings is 1. The summed E-state index contributed by atoms with van der Waals surface area (Å²) in [6, 6.07) is 7.79. The van der Waals surface area contributed by atoms with Crippen LogP contribution in [0.3, 0.4) is 0 Å². The molecule has 0 fully saturated rings. The highest BCUT2D eigenvalue weighted by Crippen LogP contribution is 2.28. The lowest BCUT2D eigenvalue weighted by molar-refractivity contribution is -0.115. The van der Waals surface area contributed by atoms with Crippen molar-refractivity contribution in [3.8, 4) is 0 Å². The SMILES string of the molecule is CC(O)CCN1CCC(=O)Nc2ccccc21.